The van der Waals surface area contributed by atoms with Crippen LogP contribution in [0.4, 0.5) is 17.6 Å². The molecular weight excluding hydrogens is 364 g/mol. The first kappa shape index (κ1) is 16.9. The topological polar surface area (TPSA) is 31.0 Å². The van der Waals surface area contributed by atoms with Gasteiger partial charge in [-0.15, -0.1) is 0 Å². The summed E-state index contributed by atoms with van der Waals surface area (Å²) in [4.78, 5) is 0. The standard InChI is InChI=1S/C20H16F4O3/c1-19(2)20(27-19)13-9-7(25-3)5-6-8(26-4)10(9)14(20)12-11(13)15(21)17(23)18(24)16(12)22/h5-6,13-14H,1-4H3/t13-,14-/m1/s1. The Kier molecular flexibility index (Phi) is 2.97. The molecule has 0 aromatic heterocycles. The Morgan fingerprint density at radius 3 is 1.41 bits per heavy atom. The van der Waals surface area contributed by atoms with E-state index in [1.54, 1.807) is 26.0 Å². The Hall–Kier alpha value is -2.28. The molecule has 0 amide bonds. The Morgan fingerprint density at radius 1 is 0.741 bits per heavy atom. The van der Waals surface area contributed by atoms with Gasteiger partial charge in [0.1, 0.15) is 17.1 Å². The number of fused-ring (bicyclic) bond motifs is 6. The van der Waals surface area contributed by atoms with Crippen molar-refractivity contribution < 1.29 is 31.8 Å². The molecule has 5 rings (SSSR count). The fraction of sp³-hybridized carbons (Fsp3) is 0.400. The number of hydrogen-bond acceptors (Lipinski definition) is 3. The van der Waals surface area contributed by atoms with E-state index < -0.39 is 46.3 Å². The number of halogens is 4. The molecule has 3 nitrogen and oxygen atoms in total. The maximum atomic E-state index is 14.8. The van der Waals surface area contributed by atoms with Gasteiger partial charge in [0.15, 0.2) is 23.3 Å². The van der Waals surface area contributed by atoms with Crippen molar-refractivity contribution in [3.63, 3.8) is 0 Å². The Morgan fingerprint density at radius 2 is 1.11 bits per heavy atom. The summed E-state index contributed by atoms with van der Waals surface area (Å²) >= 11 is 0. The quantitative estimate of drug-likeness (QED) is 0.335. The zero-order valence-electron chi connectivity index (χ0n) is 15.0. The maximum absolute atomic E-state index is 14.8. The largest absolute Gasteiger partial charge is 0.496 e. The van der Waals surface area contributed by atoms with Crippen LogP contribution < -0.4 is 9.47 Å². The van der Waals surface area contributed by atoms with Crippen LogP contribution in [0.3, 0.4) is 0 Å². The zero-order chi connectivity index (χ0) is 19.5. The second-order valence-corrected chi connectivity index (χ2v) is 7.65. The third-order valence-corrected chi connectivity index (χ3v) is 6.32. The lowest BCUT2D eigenvalue weighted by Crippen LogP contribution is -2.25. The van der Waals surface area contributed by atoms with E-state index in [2.05, 4.69) is 0 Å². The number of methoxy groups -OCH3 is 2. The average Bonchev–Trinajstić information content (AvgIpc) is 2.95. The smallest absolute Gasteiger partial charge is 0.197 e. The molecule has 27 heavy (non-hydrogen) atoms. The second kappa shape index (κ2) is 4.76. The third-order valence-electron chi connectivity index (χ3n) is 6.32. The van der Waals surface area contributed by atoms with Gasteiger partial charge in [-0.3, -0.25) is 0 Å². The van der Waals surface area contributed by atoms with E-state index in [9.17, 15) is 17.6 Å². The number of ether oxygens (including phenoxy) is 3. The number of epoxide rings is 1. The molecule has 0 saturated carbocycles. The lowest BCUT2D eigenvalue weighted by molar-refractivity contribution is 0.262. The summed E-state index contributed by atoms with van der Waals surface area (Å²) in [6.45, 7) is 3.60. The van der Waals surface area contributed by atoms with E-state index >= 15 is 0 Å². The van der Waals surface area contributed by atoms with Gasteiger partial charge in [-0.05, 0) is 26.0 Å². The minimum Gasteiger partial charge on any atom is -0.496 e. The predicted molar refractivity (Wildman–Crippen MR) is 87.4 cm³/mol. The SMILES string of the molecule is COc1ccc(OC)c2c1[C@@H]1c3c(F)c(F)c(F)c(F)c3[C@@H]2C12OC2(C)C. The first-order valence-corrected chi connectivity index (χ1v) is 8.53. The van der Waals surface area contributed by atoms with Crippen molar-refractivity contribution in [3.05, 3.63) is 57.7 Å². The van der Waals surface area contributed by atoms with Crippen LogP contribution in [0.2, 0.25) is 0 Å². The molecule has 0 unspecified atom stereocenters. The van der Waals surface area contributed by atoms with Gasteiger partial charge in [0.25, 0.3) is 0 Å². The zero-order valence-corrected chi connectivity index (χ0v) is 15.0. The van der Waals surface area contributed by atoms with Gasteiger partial charge in [0.05, 0.1) is 19.8 Å². The maximum Gasteiger partial charge on any atom is 0.197 e. The Bertz CT molecular complexity index is 961. The van der Waals surface area contributed by atoms with Crippen LogP contribution in [0.5, 0.6) is 11.5 Å². The van der Waals surface area contributed by atoms with Crippen LogP contribution in [0.1, 0.15) is 47.9 Å². The molecule has 7 heteroatoms. The van der Waals surface area contributed by atoms with E-state index in [1.807, 2.05) is 0 Å². The molecule has 2 atom stereocenters. The van der Waals surface area contributed by atoms with Gasteiger partial charge in [0, 0.05) is 34.1 Å². The molecule has 1 aliphatic heterocycles. The highest BCUT2D eigenvalue weighted by molar-refractivity contribution is 5.73. The van der Waals surface area contributed by atoms with Gasteiger partial charge < -0.3 is 14.2 Å². The van der Waals surface area contributed by atoms with E-state index in [-0.39, 0.29) is 11.1 Å². The highest BCUT2D eigenvalue weighted by Crippen LogP contribution is 2.78. The van der Waals surface area contributed by atoms with Crippen LogP contribution >= 0.6 is 0 Å². The lowest BCUT2D eigenvalue weighted by atomic mass is 9.82. The molecule has 2 aromatic rings. The molecule has 3 aliphatic rings. The monoisotopic (exact) mass is 380 g/mol. The normalized spacial score (nSPS) is 28.3. The molecule has 0 N–H and O–H groups in total. The third kappa shape index (κ3) is 1.60. The van der Waals surface area contributed by atoms with Gasteiger partial charge >= 0.3 is 0 Å². The molecule has 1 spiro atoms. The molecule has 2 aromatic carbocycles. The minimum atomic E-state index is -1.81. The minimum absolute atomic E-state index is 0.193. The van der Waals surface area contributed by atoms with Crippen LogP contribution in [0.25, 0.3) is 0 Å². The van der Waals surface area contributed by atoms with Gasteiger partial charge in [-0.1, -0.05) is 0 Å². The molecule has 1 saturated heterocycles. The highest BCUT2D eigenvalue weighted by atomic mass is 19.2. The van der Waals surface area contributed by atoms with Crippen molar-refractivity contribution in [1.82, 2.24) is 0 Å². The predicted octanol–water partition coefficient (Wildman–Crippen LogP) is 4.40. The van der Waals surface area contributed by atoms with Crippen molar-refractivity contribution in [1.29, 1.82) is 0 Å². The Balaban J connectivity index is 1.93. The lowest BCUT2D eigenvalue weighted by Gasteiger charge is -2.23. The van der Waals surface area contributed by atoms with Crippen molar-refractivity contribution in [3.8, 4) is 11.5 Å². The summed E-state index contributed by atoms with van der Waals surface area (Å²) in [5.74, 6) is -7.13. The van der Waals surface area contributed by atoms with Crippen LogP contribution in [0.15, 0.2) is 12.1 Å². The molecule has 1 fully saturated rings. The first-order valence-electron chi connectivity index (χ1n) is 8.53. The summed E-state index contributed by atoms with van der Waals surface area (Å²) in [6.07, 6.45) is 0. The van der Waals surface area contributed by atoms with Gasteiger partial charge in [-0.25, -0.2) is 17.6 Å². The summed E-state index contributed by atoms with van der Waals surface area (Å²) in [7, 11) is 2.92. The average molecular weight is 380 g/mol. The Labute approximate surface area is 152 Å². The van der Waals surface area contributed by atoms with Crippen LogP contribution in [-0.4, -0.2) is 25.4 Å². The second-order valence-electron chi connectivity index (χ2n) is 7.65. The molecule has 0 radical (unpaired) electrons. The number of benzene rings is 2. The van der Waals surface area contributed by atoms with Crippen molar-refractivity contribution in [2.75, 3.05) is 14.2 Å². The van der Waals surface area contributed by atoms with Crippen molar-refractivity contribution >= 4 is 0 Å². The molecule has 2 bridgehead atoms. The van der Waals surface area contributed by atoms with E-state index in [0.717, 1.165) is 0 Å². The molecule has 1 heterocycles. The highest BCUT2D eigenvalue weighted by Gasteiger charge is 2.81. The molecule has 142 valence electrons. The fourth-order valence-electron chi connectivity index (χ4n) is 5.30. The number of hydrogen-bond donors (Lipinski definition) is 0. The fourth-order valence-corrected chi connectivity index (χ4v) is 5.30. The van der Waals surface area contributed by atoms with Crippen molar-refractivity contribution in [2.24, 2.45) is 0 Å². The van der Waals surface area contributed by atoms with E-state index in [0.29, 0.717) is 22.6 Å². The molecule has 2 aliphatic carbocycles. The summed E-state index contributed by atoms with van der Waals surface area (Å²) in [6, 6.07) is 3.32. The number of rotatable bonds is 2. The van der Waals surface area contributed by atoms with Crippen molar-refractivity contribution in [2.45, 2.75) is 36.9 Å². The summed E-state index contributed by atoms with van der Waals surface area (Å²) < 4.78 is 74.6. The van der Waals surface area contributed by atoms with Gasteiger partial charge in [-0.2, -0.15) is 0 Å². The summed E-state index contributed by atoms with van der Waals surface area (Å²) in [5.41, 5.74) is -1.03. The van der Waals surface area contributed by atoms with Crippen LogP contribution in [0, 0.1) is 23.3 Å². The first-order chi connectivity index (χ1) is 12.7. The summed E-state index contributed by atoms with van der Waals surface area (Å²) in [5, 5.41) is 0. The van der Waals surface area contributed by atoms with E-state index in [1.165, 1.54) is 14.2 Å². The van der Waals surface area contributed by atoms with E-state index in [4.69, 9.17) is 14.2 Å². The van der Waals surface area contributed by atoms with Crippen LogP contribution in [-0.2, 0) is 4.74 Å². The van der Waals surface area contributed by atoms with Gasteiger partial charge in [0.2, 0.25) is 0 Å². The molecular formula is C20H16F4O3.